The van der Waals surface area contributed by atoms with E-state index in [1.165, 1.54) is 0 Å². The molecule has 0 saturated carbocycles. The standard InChI is InChI=1S/C12H24N2O3/c1-12(2,3)17-11(16)13-8-10-4-5-14(9-10)6-7-15/h10,15H,4-9H2,1-3H3,(H,13,16)/t10-/m1/s1. The molecule has 2 N–H and O–H groups in total. The number of hydrogen-bond acceptors (Lipinski definition) is 4. The van der Waals surface area contributed by atoms with Crippen LogP contribution in [0.15, 0.2) is 0 Å². The zero-order valence-corrected chi connectivity index (χ0v) is 11.0. The number of ether oxygens (including phenoxy) is 1. The number of likely N-dealkylation sites (tertiary alicyclic amines) is 1. The predicted molar refractivity (Wildman–Crippen MR) is 65.9 cm³/mol. The van der Waals surface area contributed by atoms with Gasteiger partial charge in [-0.05, 0) is 39.7 Å². The van der Waals surface area contributed by atoms with Gasteiger partial charge in [0.05, 0.1) is 6.61 Å². The molecular weight excluding hydrogens is 220 g/mol. The molecule has 0 aromatic carbocycles. The summed E-state index contributed by atoms with van der Waals surface area (Å²) in [4.78, 5) is 13.6. The summed E-state index contributed by atoms with van der Waals surface area (Å²) in [5.74, 6) is 0.467. The molecule has 1 saturated heterocycles. The molecule has 1 amide bonds. The lowest BCUT2D eigenvalue weighted by atomic mass is 10.1. The Kier molecular flexibility index (Phi) is 5.21. The molecule has 1 heterocycles. The van der Waals surface area contributed by atoms with Gasteiger partial charge in [-0.1, -0.05) is 0 Å². The number of alkyl carbamates (subject to hydrolysis) is 1. The fraction of sp³-hybridized carbons (Fsp3) is 0.917. The van der Waals surface area contributed by atoms with Gasteiger partial charge in [0.2, 0.25) is 0 Å². The lowest BCUT2D eigenvalue weighted by Crippen LogP contribution is -2.36. The van der Waals surface area contributed by atoms with Crippen LogP contribution >= 0.6 is 0 Å². The van der Waals surface area contributed by atoms with Crippen molar-refractivity contribution in [3.05, 3.63) is 0 Å². The van der Waals surface area contributed by atoms with Gasteiger partial charge in [0.1, 0.15) is 5.60 Å². The number of rotatable bonds is 4. The van der Waals surface area contributed by atoms with Crippen molar-refractivity contribution in [3.8, 4) is 0 Å². The Morgan fingerprint density at radius 2 is 2.24 bits per heavy atom. The maximum atomic E-state index is 11.4. The van der Waals surface area contributed by atoms with Crippen molar-refractivity contribution in [1.29, 1.82) is 0 Å². The average Bonchev–Trinajstić information content (AvgIpc) is 2.61. The van der Waals surface area contributed by atoms with Crippen LogP contribution in [0, 0.1) is 5.92 Å². The monoisotopic (exact) mass is 244 g/mol. The van der Waals surface area contributed by atoms with E-state index in [1.807, 2.05) is 20.8 Å². The third-order valence-corrected chi connectivity index (χ3v) is 2.72. The minimum Gasteiger partial charge on any atom is -0.444 e. The third kappa shape index (κ3) is 5.89. The fourth-order valence-electron chi connectivity index (χ4n) is 1.97. The molecule has 1 fully saturated rings. The van der Waals surface area contributed by atoms with E-state index in [0.717, 1.165) is 26.1 Å². The van der Waals surface area contributed by atoms with Crippen molar-refractivity contribution in [2.75, 3.05) is 32.8 Å². The number of hydrogen-bond donors (Lipinski definition) is 2. The lowest BCUT2D eigenvalue weighted by molar-refractivity contribution is 0.0519. The van der Waals surface area contributed by atoms with Crippen molar-refractivity contribution in [2.24, 2.45) is 5.92 Å². The molecule has 1 aliphatic rings. The average molecular weight is 244 g/mol. The lowest BCUT2D eigenvalue weighted by Gasteiger charge is -2.20. The number of nitrogens with zero attached hydrogens (tertiary/aromatic N) is 1. The molecule has 1 aliphatic heterocycles. The number of β-amino-alcohol motifs (C(OH)–C–C–N with tert-alkyl or cyclic N) is 1. The minimum absolute atomic E-state index is 0.201. The molecule has 0 radical (unpaired) electrons. The van der Waals surface area contributed by atoms with Gasteiger partial charge < -0.3 is 20.1 Å². The van der Waals surface area contributed by atoms with Crippen LogP contribution in [0.3, 0.4) is 0 Å². The Morgan fingerprint density at radius 3 is 2.82 bits per heavy atom. The summed E-state index contributed by atoms with van der Waals surface area (Å²) >= 11 is 0. The first-order valence-electron chi connectivity index (χ1n) is 6.21. The Labute approximate surface area is 103 Å². The van der Waals surface area contributed by atoms with Gasteiger partial charge in [-0.2, -0.15) is 0 Å². The third-order valence-electron chi connectivity index (χ3n) is 2.72. The smallest absolute Gasteiger partial charge is 0.407 e. The van der Waals surface area contributed by atoms with E-state index in [9.17, 15) is 4.79 Å². The molecule has 0 bridgehead atoms. The molecule has 0 unspecified atom stereocenters. The van der Waals surface area contributed by atoms with Gasteiger partial charge >= 0.3 is 6.09 Å². The number of amides is 1. The normalized spacial score (nSPS) is 21.5. The quantitative estimate of drug-likeness (QED) is 0.769. The second-order valence-corrected chi connectivity index (χ2v) is 5.56. The summed E-state index contributed by atoms with van der Waals surface area (Å²) in [6.07, 6.45) is 0.716. The number of carbonyl (C=O) groups is 1. The molecule has 0 aromatic heterocycles. The van der Waals surface area contributed by atoms with Gasteiger partial charge in [-0.25, -0.2) is 4.79 Å². The van der Waals surface area contributed by atoms with E-state index < -0.39 is 5.60 Å². The van der Waals surface area contributed by atoms with Crippen LogP contribution in [-0.2, 0) is 4.74 Å². The van der Waals surface area contributed by atoms with Crippen LogP contribution in [0.5, 0.6) is 0 Å². The van der Waals surface area contributed by atoms with E-state index in [0.29, 0.717) is 12.5 Å². The van der Waals surface area contributed by atoms with Crippen molar-refractivity contribution in [3.63, 3.8) is 0 Å². The molecule has 0 aliphatic carbocycles. The van der Waals surface area contributed by atoms with E-state index in [1.54, 1.807) is 0 Å². The molecule has 5 heteroatoms. The van der Waals surface area contributed by atoms with Crippen LogP contribution < -0.4 is 5.32 Å². The topological polar surface area (TPSA) is 61.8 Å². The molecule has 0 aromatic rings. The van der Waals surface area contributed by atoms with Crippen LogP contribution in [0.1, 0.15) is 27.2 Å². The number of aliphatic hydroxyl groups excluding tert-OH is 1. The zero-order chi connectivity index (χ0) is 12.9. The number of aliphatic hydroxyl groups is 1. The Bertz CT molecular complexity index is 251. The van der Waals surface area contributed by atoms with E-state index >= 15 is 0 Å². The van der Waals surface area contributed by atoms with Crippen molar-refractivity contribution < 1.29 is 14.6 Å². The number of carbonyl (C=O) groups excluding carboxylic acids is 1. The van der Waals surface area contributed by atoms with Gasteiger partial charge in [-0.15, -0.1) is 0 Å². The highest BCUT2D eigenvalue weighted by Crippen LogP contribution is 2.15. The summed E-state index contributed by atoms with van der Waals surface area (Å²) in [7, 11) is 0. The highest BCUT2D eigenvalue weighted by Gasteiger charge is 2.23. The first-order valence-corrected chi connectivity index (χ1v) is 6.21. The maximum Gasteiger partial charge on any atom is 0.407 e. The van der Waals surface area contributed by atoms with Crippen LogP contribution in [0.2, 0.25) is 0 Å². The highest BCUT2D eigenvalue weighted by molar-refractivity contribution is 5.67. The summed E-state index contributed by atoms with van der Waals surface area (Å²) in [6.45, 7) is 9.07. The molecule has 1 atom stereocenters. The highest BCUT2D eigenvalue weighted by atomic mass is 16.6. The summed E-state index contributed by atoms with van der Waals surface area (Å²) < 4.78 is 5.17. The van der Waals surface area contributed by atoms with Crippen molar-refractivity contribution >= 4 is 6.09 Å². The minimum atomic E-state index is -0.442. The molecule has 5 nitrogen and oxygen atoms in total. The van der Waals surface area contributed by atoms with Crippen molar-refractivity contribution in [2.45, 2.75) is 32.8 Å². The van der Waals surface area contributed by atoms with Gasteiger partial charge in [-0.3, -0.25) is 0 Å². The van der Waals surface area contributed by atoms with E-state index in [-0.39, 0.29) is 12.7 Å². The first-order chi connectivity index (χ1) is 7.90. The summed E-state index contributed by atoms with van der Waals surface area (Å²) in [6, 6.07) is 0. The van der Waals surface area contributed by atoms with E-state index in [4.69, 9.17) is 9.84 Å². The molecule has 17 heavy (non-hydrogen) atoms. The van der Waals surface area contributed by atoms with Gasteiger partial charge in [0, 0.05) is 19.6 Å². The molecule has 100 valence electrons. The van der Waals surface area contributed by atoms with Crippen LogP contribution in [-0.4, -0.2) is 54.5 Å². The SMILES string of the molecule is CC(C)(C)OC(=O)NC[C@H]1CCN(CCO)C1. The zero-order valence-electron chi connectivity index (χ0n) is 11.0. The van der Waals surface area contributed by atoms with Gasteiger partial charge in [0.15, 0.2) is 0 Å². The second-order valence-electron chi connectivity index (χ2n) is 5.56. The second kappa shape index (κ2) is 6.21. The van der Waals surface area contributed by atoms with Crippen LogP contribution in [0.25, 0.3) is 0 Å². The Morgan fingerprint density at radius 1 is 1.53 bits per heavy atom. The van der Waals surface area contributed by atoms with Gasteiger partial charge in [0.25, 0.3) is 0 Å². The Hall–Kier alpha value is -0.810. The molecular formula is C12H24N2O3. The Balaban J connectivity index is 2.17. The van der Waals surface area contributed by atoms with Crippen LogP contribution in [0.4, 0.5) is 4.79 Å². The molecule has 1 rings (SSSR count). The number of nitrogens with one attached hydrogen (secondary N) is 1. The largest absolute Gasteiger partial charge is 0.444 e. The maximum absolute atomic E-state index is 11.4. The molecule has 0 spiro atoms. The van der Waals surface area contributed by atoms with E-state index in [2.05, 4.69) is 10.2 Å². The summed E-state index contributed by atoms with van der Waals surface area (Å²) in [5.41, 5.74) is -0.442. The van der Waals surface area contributed by atoms with Crippen molar-refractivity contribution in [1.82, 2.24) is 10.2 Å². The predicted octanol–water partition coefficient (Wildman–Crippen LogP) is 0.825. The first kappa shape index (κ1) is 14.3. The fourth-order valence-corrected chi connectivity index (χ4v) is 1.97. The summed E-state index contributed by atoms with van der Waals surface area (Å²) in [5, 5.41) is 11.6.